The highest BCUT2D eigenvalue weighted by molar-refractivity contribution is 5.89. The molecule has 0 unspecified atom stereocenters. The van der Waals surface area contributed by atoms with Crippen LogP contribution in [0.5, 0.6) is 0 Å². The molecule has 2 aliphatic carbocycles. The van der Waals surface area contributed by atoms with Crippen molar-refractivity contribution in [3.8, 4) is 112 Å². The molecule has 72 heavy (non-hydrogen) atoms. The lowest BCUT2D eigenvalue weighted by atomic mass is 9.80. The maximum absolute atomic E-state index is 5.28. The highest BCUT2D eigenvalue weighted by Crippen LogP contribution is 2.53. The SMILES string of the molecule is CC1(C)c2cc(-c3cccc(-c4ccc5c(c4)C(C)(C)c4cc(-c6nc(-c7ccccc7)nc(-c7ccccc7)n6)ccc4-5)c3)ccc2-c2ccc(-c3cc(-c4ccccc4)cc(-c4ccccc4)n3)cc21. The van der Waals surface area contributed by atoms with Crippen LogP contribution in [-0.4, -0.2) is 19.9 Å². The molecule has 0 bridgehead atoms. The van der Waals surface area contributed by atoms with Crippen LogP contribution in [0.2, 0.25) is 0 Å². The van der Waals surface area contributed by atoms with E-state index in [9.17, 15) is 0 Å². The van der Waals surface area contributed by atoms with E-state index < -0.39 is 0 Å². The Morgan fingerprint density at radius 1 is 0.222 bits per heavy atom. The van der Waals surface area contributed by atoms with Crippen LogP contribution in [0.3, 0.4) is 0 Å². The van der Waals surface area contributed by atoms with Gasteiger partial charge in [0, 0.05) is 38.6 Å². The van der Waals surface area contributed by atoms with Crippen LogP contribution in [0.1, 0.15) is 49.9 Å². The molecule has 4 heteroatoms. The van der Waals surface area contributed by atoms with Crippen molar-refractivity contribution in [3.63, 3.8) is 0 Å². The van der Waals surface area contributed by atoms with Gasteiger partial charge in [-0.1, -0.05) is 216 Å². The lowest BCUT2D eigenvalue weighted by Gasteiger charge is -2.23. The summed E-state index contributed by atoms with van der Waals surface area (Å²) in [5, 5.41) is 0. The number of aromatic nitrogens is 4. The van der Waals surface area contributed by atoms with E-state index in [4.69, 9.17) is 19.9 Å². The number of rotatable bonds is 8. The van der Waals surface area contributed by atoms with E-state index in [1.54, 1.807) is 0 Å². The first kappa shape index (κ1) is 43.2. The second kappa shape index (κ2) is 16.9. The van der Waals surface area contributed by atoms with E-state index in [1.807, 2.05) is 36.4 Å². The highest BCUT2D eigenvalue weighted by Gasteiger charge is 2.37. The first-order valence-corrected chi connectivity index (χ1v) is 24.9. The van der Waals surface area contributed by atoms with Crippen LogP contribution in [0.15, 0.2) is 231 Å². The lowest BCUT2D eigenvalue weighted by Crippen LogP contribution is -2.15. The number of pyridine rings is 1. The molecule has 342 valence electrons. The summed E-state index contributed by atoms with van der Waals surface area (Å²) in [6, 6.07) is 82.7. The Balaban J connectivity index is 0.808. The van der Waals surface area contributed by atoms with Crippen molar-refractivity contribution in [2.75, 3.05) is 0 Å². The Labute approximate surface area is 421 Å². The summed E-state index contributed by atoms with van der Waals surface area (Å²) in [4.78, 5) is 20.3. The molecule has 0 aliphatic heterocycles. The summed E-state index contributed by atoms with van der Waals surface area (Å²) < 4.78 is 0. The third-order valence-electron chi connectivity index (χ3n) is 15.1. The minimum atomic E-state index is -0.253. The Hall–Kier alpha value is -8.86. The van der Waals surface area contributed by atoms with Gasteiger partial charge in [-0.05, 0) is 120 Å². The average molecular weight is 923 g/mol. The number of benzene rings is 9. The zero-order valence-electron chi connectivity index (χ0n) is 40.7. The van der Waals surface area contributed by atoms with Gasteiger partial charge in [0.1, 0.15) is 0 Å². The molecule has 0 radical (unpaired) electrons. The zero-order valence-corrected chi connectivity index (χ0v) is 40.7. The maximum atomic E-state index is 5.28. The molecule has 0 amide bonds. The van der Waals surface area contributed by atoms with Gasteiger partial charge in [0.25, 0.3) is 0 Å². The maximum Gasteiger partial charge on any atom is 0.164 e. The lowest BCUT2D eigenvalue weighted by molar-refractivity contribution is 0.660. The van der Waals surface area contributed by atoms with Crippen molar-refractivity contribution in [1.29, 1.82) is 0 Å². The van der Waals surface area contributed by atoms with E-state index in [1.165, 1.54) is 72.3 Å². The largest absolute Gasteiger partial charge is 0.248 e. The molecule has 2 aromatic heterocycles. The fourth-order valence-electron chi connectivity index (χ4n) is 11.2. The molecule has 0 fully saturated rings. The number of hydrogen-bond acceptors (Lipinski definition) is 4. The Morgan fingerprint density at radius 2 is 0.542 bits per heavy atom. The van der Waals surface area contributed by atoms with Gasteiger partial charge in [-0.25, -0.2) is 19.9 Å². The van der Waals surface area contributed by atoms with E-state index in [0.29, 0.717) is 17.5 Å². The van der Waals surface area contributed by atoms with E-state index in [-0.39, 0.29) is 10.8 Å². The van der Waals surface area contributed by atoms with Crippen LogP contribution in [0.4, 0.5) is 0 Å². The molecule has 0 N–H and O–H groups in total. The van der Waals surface area contributed by atoms with Gasteiger partial charge in [-0.15, -0.1) is 0 Å². The molecular weight excluding hydrogens is 873 g/mol. The third-order valence-corrected chi connectivity index (χ3v) is 15.1. The van der Waals surface area contributed by atoms with Gasteiger partial charge in [-0.3, -0.25) is 0 Å². The number of fused-ring (bicyclic) bond motifs is 6. The molecule has 11 aromatic rings. The predicted octanol–water partition coefficient (Wildman–Crippen LogP) is 17.2. The molecule has 0 spiro atoms. The first-order valence-electron chi connectivity index (χ1n) is 24.9. The van der Waals surface area contributed by atoms with Crippen LogP contribution < -0.4 is 0 Å². The summed E-state index contributed by atoms with van der Waals surface area (Å²) >= 11 is 0. The van der Waals surface area contributed by atoms with Crippen molar-refractivity contribution in [3.05, 3.63) is 253 Å². The highest BCUT2D eigenvalue weighted by atomic mass is 15.0. The standard InChI is InChI=1S/C68H50N4/c1-67(2)58-37-49(28-32-54(58)56-34-30-51(39-60(56)67)63-42-53(43-18-9-5-10-19-43)41-62(69-63)44-20-11-6-12-21-44)47-26-17-27-48(36-47)50-29-33-55-57-35-31-52(40-61(57)68(3,4)59(55)38-50)66-71-64(45-22-13-7-14-23-45)70-65(72-66)46-24-15-8-16-25-46/h5-42H,1-4H3. The minimum absolute atomic E-state index is 0.216. The van der Waals surface area contributed by atoms with Crippen LogP contribution in [0, 0.1) is 0 Å². The molecule has 0 atom stereocenters. The first-order chi connectivity index (χ1) is 35.2. The van der Waals surface area contributed by atoms with Crippen LogP contribution in [-0.2, 0) is 10.8 Å². The quantitative estimate of drug-likeness (QED) is 0.152. The summed E-state index contributed by atoms with van der Waals surface area (Å²) in [6.07, 6.45) is 0. The monoisotopic (exact) mass is 922 g/mol. The average Bonchev–Trinajstić information content (AvgIpc) is 3.81. The van der Waals surface area contributed by atoms with E-state index in [2.05, 4.69) is 222 Å². The molecule has 2 heterocycles. The van der Waals surface area contributed by atoms with E-state index >= 15 is 0 Å². The van der Waals surface area contributed by atoms with Gasteiger partial charge < -0.3 is 0 Å². The van der Waals surface area contributed by atoms with Crippen LogP contribution >= 0.6 is 0 Å². The fraction of sp³-hybridized carbons (Fsp3) is 0.0882. The summed E-state index contributed by atoms with van der Waals surface area (Å²) in [5.41, 5.74) is 24.1. The smallest absolute Gasteiger partial charge is 0.164 e. The Bertz CT molecular complexity index is 3530. The number of nitrogens with zero attached hydrogens (tertiary/aromatic N) is 4. The Kier molecular flexibility index (Phi) is 10.2. The topological polar surface area (TPSA) is 51.6 Å². The van der Waals surface area contributed by atoms with Crippen molar-refractivity contribution >= 4 is 0 Å². The summed E-state index contributed by atoms with van der Waals surface area (Å²) in [5.74, 6) is 1.99. The van der Waals surface area contributed by atoms with E-state index in [0.717, 1.165) is 44.8 Å². The van der Waals surface area contributed by atoms with Gasteiger partial charge in [0.05, 0.1) is 11.4 Å². The van der Waals surface area contributed by atoms with Gasteiger partial charge >= 0.3 is 0 Å². The van der Waals surface area contributed by atoms with Crippen LogP contribution in [0.25, 0.3) is 112 Å². The molecule has 0 saturated heterocycles. The molecule has 0 saturated carbocycles. The molecule has 4 nitrogen and oxygen atoms in total. The van der Waals surface area contributed by atoms with Crippen molar-refractivity contribution < 1.29 is 0 Å². The molecule has 13 rings (SSSR count). The molecule has 9 aromatic carbocycles. The number of hydrogen-bond donors (Lipinski definition) is 0. The second-order valence-corrected chi connectivity index (χ2v) is 20.3. The summed E-state index contributed by atoms with van der Waals surface area (Å²) in [7, 11) is 0. The van der Waals surface area contributed by atoms with Crippen molar-refractivity contribution in [2.24, 2.45) is 0 Å². The zero-order chi connectivity index (χ0) is 48.6. The minimum Gasteiger partial charge on any atom is -0.248 e. The third kappa shape index (κ3) is 7.38. The van der Waals surface area contributed by atoms with Crippen molar-refractivity contribution in [1.82, 2.24) is 19.9 Å². The van der Waals surface area contributed by atoms with Gasteiger partial charge in [0.2, 0.25) is 0 Å². The molecule has 2 aliphatic rings. The fourth-order valence-corrected chi connectivity index (χ4v) is 11.2. The van der Waals surface area contributed by atoms with Gasteiger partial charge in [0.15, 0.2) is 17.5 Å². The second-order valence-electron chi connectivity index (χ2n) is 20.3. The summed E-state index contributed by atoms with van der Waals surface area (Å²) in [6.45, 7) is 9.42. The Morgan fingerprint density at radius 3 is 1.00 bits per heavy atom. The van der Waals surface area contributed by atoms with Crippen molar-refractivity contribution in [2.45, 2.75) is 38.5 Å². The molecular formula is C68H50N4. The van der Waals surface area contributed by atoms with Gasteiger partial charge in [-0.2, -0.15) is 0 Å². The normalized spacial score (nSPS) is 13.5. The predicted molar refractivity (Wildman–Crippen MR) is 296 cm³/mol.